The van der Waals surface area contributed by atoms with Crippen molar-refractivity contribution in [3.63, 3.8) is 0 Å². The largest absolute Gasteiger partial charge is 0.496 e. The molecule has 1 atom stereocenters. The van der Waals surface area contributed by atoms with Gasteiger partial charge in [-0.2, -0.15) is 0 Å². The minimum atomic E-state index is -0.0215. The molecule has 1 unspecified atom stereocenters. The summed E-state index contributed by atoms with van der Waals surface area (Å²) in [7, 11) is 1.70. The smallest absolute Gasteiger partial charge is 0.125 e. The molecule has 0 aliphatic heterocycles. The fourth-order valence-electron chi connectivity index (χ4n) is 2.24. The van der Waals surface area contributed by atoms with E-state index in [0.717, 1.165) is 24.4 Å². The molecule has 0 bridgehead atoms. The first-order valence-electron chi connectivity index (χ1n) is 6.83. The van der Waals surface area contributed by atoms with Crippen molar-refractivity contribution in [2.75, 3.05) is 25.1 Å². The molecule has 102 valence electrons. The molecule has 1 aromatic carbocycles. The van der Waals surface area contributed by atoms with Crippen LogP contribution in [0.15, 0.2) is 18.2 Å². The third-order valence-electron chi connectivity index (χ3n) is 3.22. The van der Waals surface area contributed by atoms with Crippen molar-refractivity contribution in [3.05, 3.63) is 23.8 Å². The molecule has 0 fully saturated rings. The third kappa shape index (κ3) is 3.39. The minimum absolute atomic E-state index is 0.0215. The number of methoxy groups -OCH3 is 1. The van der Waals surface area contributed by atoms with Gasteiger partial charge in [-0.3, -0.25) is 0 Å². The predicted molar refractivity (Wildman–Crippen MR) is 78.4 cm³/mol. The highest BCUT2D eigenvalue weighted by atomic mass is 16.5. The van der Waals surface area contributed by atoms with Gasteiger partial charge in [0.15, 0.2) is 0 Å². The fourth-order valence-corrected chi connectivity index (χ4v) is 2.24. The Labute approximate surface area is 111 Å². The molecular formula is C15H26N2O. The number of nitrogens with two attached hydrogens (primary N) is 1. The first kappa shape index (κ1) is 14.8. The van der Waals surface area contributed by atoms with Crippen LogP contribution < -0.4 is 15.4 Å². The monoisotopic (exact) mass is 250 g/mol. The summed E-state index contributed by atoms with van der Waals surface area (Å²) >= 11 is 0. The second-order valence-electron chi connectivity index (χ2n) is 4.61. The maximum Gasteiger partial charge on any atom is 0.125 e. The molecule has 18 heavy (non-hydrogen) atoms. The Balaban J connectivity index is 3.12. The van der Waals surface area contributed by atoms with E-state index in [1.165, 1.54) is 18.5 Å². The van der Waals surface area contributed by atoms with E-state index in [2.05, 4.69) is 24.8 Å². The van der Waals surface area contributed by atoms with Crippen molar-refractivity contribution in [1.29, 1.82) is 0 Å². The van der Waals surface area contributed by atoms with Crippen LogP contribution in [0, 0.1) is 0 Å². The average molecular weight is 250 g/mol. The number of hydrogen-bond donors (Lipinski definition) is 1. The summed E-state index contributed by atoms with van der Waals surface area (Å²) in [5.41, 5.74) is 8.42. The van der Waals surface area contributed by atoms with E-state index < -0.39 is 0 Å². The quantitative estimate of drug-likeness (QED) is 0.806. The Kier molecular flexibility index (Phi) is 5.99. The molecule has 0 saturated heterocycles. The fraction of sp³-hybridized carbons (Fsp3) is 0.600. The number of anilines is 1. The molecule has 0 aliphatic carbocycles. The summed E-state index contributed by atoms with van der Waals surface area (Å²) in [5.74, 6) is 0.887. The summed E-state index contributed by atoms with van der Waals surface area (Å²) in [5, 5.41) is 0. The van der Waals surface area contributed by atoms with Gasteiger partial charge in [0, 0.05) is 30.4 Å². The Hall–Kier alpha value is -1.22. The number of nitrogens with zero attached hydrogens (tertiary/aromatic N) is 1. The third-order valence-corrected chi connectivity index (χ3v) is 3.22. The zero-order chi connectivity index (χ0) is 13.5. The number of rotatable bonds is 7. The highest BCUT2D eigenvalue weighted by Crippen LogP contribution is 2.33. The van der Waals surface area contributed by atoms with Gasteiger partial charge in [-0.1, -0.05) is 19.4 Å². The molecule has 0 saturated carbocycles. The van der Waals surface area contributed by atoms with Crippen LogP contribution in [0.5, 0.6) is 5.75 Å². The Bertz CT molecular complexity index is 364. The maximum absolute atomic E-state index is 6.11. The zero-order valence-electron chi connectivity index (χ0n) is 12.1. The van der Waals surface area contributed by atoms with Gasteiger partial charge in [0.05, 0.1) is 7.11 Å². The number of benzene rings is 1. The Morgan fingerprint density at radius 3 is 2.56 bits per heavy atom. The standard InChI is InChI=1S/C15H26N2O/c1-5-7-11-17(6-2)13-9-8-10-14(18-4)15(13)12(3)16/h8-10,12H,5-7,11,16H2,1-4H3. The lowest BCUT2D eigenvalue weighted by atomic mass is 10.0. The van der Waals surface area contributed by atoms with E-state index in [0.29, 0.717) is 0 Å². The van der Waals surface area contributed by atoms with E-state index >= 15 is 0 Å². The molecule has 0 radical (unpaired) electrons. The van der Waals surface area contributed by atoms with Gasteiger partial charge >= 0.3 is 0 Å². The first-order valence-corrected chi connectivity index (χ1v) is 6.83. The molecule has 3 heteroatoms. The Morgan fingerprint density at radius 2 is 2.06 bits per heavy atom. The van der Waals surface area contributed by atoms with Gasteiger partial charge in [0.2, 0.25) is 0 Å². The molecule has 0 amide bonds. The number of hydrogen-bond acceptors (Lipinski definition) is 3. The van der Waals surface area contributed by atoms with E-state index in [-0.39, 0.29) is 6.04 Å². The summed E-state index contributed by atoms with van der Waals surface area (Å²) in [6, 6.07) is 6.14. The van der Waals surface area contributed by atoms with Crippen molar-refractivity contribution in [3.8, 4) is 5.75 Å². The van der Waals surface area contributed by atoms with Gasteiger partial charge in [-0.25, -0.2) is 0 Å². The van der Waals surface area contributed by atoms with Crippen LogP contribution in [0.4, 0.5) is 5.69 Å². The maximum atomic E-state index is 6.11. The van der Waals surface area contributed by atoms with Crippen LogP contribution >= 0.6 is 0 Å². The highest BCUT2D eigenvalue weighted by molar-refractivity contribution is 5.60. The SMILES string of the molecule is CCCCN(CC)c1cccc(OC)c1C(C)N. The lowest BCUT2D eigenvalue weighted by Gasteiger charge is -2.28. The van der Waals surface area contributed by atoms with Crippen LogP contribution in [0.1, 0.15) is 45.2 Å². The van der Waals surface area contributed by atoms with Crippen LogP contribution in [-0.4, -0.2) is 20.2 Å². The lowest BCUT2D eigenvalue weighted by molar-refractivity contribution is 0.407. The molecule has 0 heterocycles. The normalized spacial score (nSPS) is 12.3. The number of unbranched alkanes of at least 4 members (excludes halogenated alkanes) is 1. The van der Waals surface area contributed by atoms with Crippen molar-refractivity contribution in [2.45, 2.75) is 39.7 Å². The summed E-state index contributed by atoms with van der Waals surface area (Å²) in [6.45, 7) is 8.47. The molecule has 0 aromatic heterocycles. The molecule has 1 aromatic rings. The zero-order valence-corrected chi connectivity index (χ0v) is 12.1. The van der Waals surface area contributed by atoms with Gasteiger partial charge in [0.1, 0.15) is 5.75 Å². The van der Waals surface area contributed by atoms with Crippen LogP contribution in [-0.2, 0) is 0 Å². The van der Waals surface area contributed by atoms with Gasteiger partial charge < -0.3 is 15.4 Å². The van der Waals surface area contributed by atoms with Crippen molar-refractivity contribution >= 4 is 5.69 Å². The van der Waals surface area contributed by atoms with E-state index in [9.17, 15) is 0 Å². The van der Waals surface area contributed by atoms with Crippen molar-refractivity contribution < 1.29 is 4.74 Å². The van der Waals surface area contributed by atoms with E-state index in [4.69, 9.17) is 10.5 Å². The van der Waals surface area contributed by atoms with Gasteiger partial charge in [-0.05, 0) is 32.4 Å². The van der Waals surface area contributed by atoms with Gasteiger partial charge in [0.25, 0.3) is 0 Å². The summed E-state index contributed by atoms with van der Waals surface area (Å²) in [6.07, 6.45) is 2.40. The summed E-state index contributed by atoms with van der Waals surface area (Å²) in [4.78, 5) is 2.38. The molecule has 3 nitrogen and oxygen atoms in total. The van der Waals surface area contributed by atoms with Crippen LogP contribution in [0.25, 0.3) is 0 Å². The predicted octanol–water partition coefficient (Wildman–Crippen LogP) is 3.34. The molecule has 0 spiro atoms. The van der Waals surface area contributed by atoms with Crippen molar-refractivity contribution in [2.24, 2.45) is 5.73 Å². The second kappa shape index (κ2) is 7.27. The molecule has 0 aliphatic rings. The summed E-state index contributed by atoms with van der Waals surface area (Å²) < 4.78 is 5.44. The topological polar surface area (TPSA) is 38.5 Å². The van der Waals surface area contributed by atoms with E-state index in [1.54, 1.807) is 7.11 Å². The molecule has 2 N–H and O–H groups in total. The lowest BCUT2D eigenvalue weighted by Crippen LogP contribution is -2.26. The van der Waals surface area contributed by atoms with E-state index in [1.807, 2.05) is 19.1 Å². The molecule has 1 rings (SSSR count). The van der Waals surface area contributed by atoms with Crippen LogP contribution in [0.2, 0.25) is 0 Å². The van der Waals surface area contributed by atoms with Crippen molar-refractivity contribution in [1.82, 2.24) is 0 Å². The second-order valence-corrected chi connectivity index (χ2v) is 4.61. The molecular weight excluding hydrogens is 224 g/mol. The van der Waals surface area contributed by atoms with Crippen LogP contribution in [0.3, 0.4) is 0 Å². The minimum Gasteiger partial charge on any atom is -0.496 e. The first-order chi connectivity index (χ1) is 8.65. The highest BCUT2D eigenvalue weighted by Gasteiger charge is 2.16. The average Bonchev–Trinajstić information content (AvgIpc) is 2.38. The number of ether oxygens (including phenoxy) is 1. The van der Waals surface area contributed by atoms with Gasteiger partial charge in [-0.15, -0.1) is 0 Å². The Morgan fingerprint density at radius 1 is 1.33 bits per heavy atom.